The van der Waals surface area contributed by atoms with E-state index in [0.717, 1.165) is 35.4 Å². The molecule has 34 heavy (non-hydrogen) atoms. The number of aliphatic hydroxyl groups excluding tert-OH is 1. The molecule has 2 atom stereocenters. The van der Waals surface area contributed by atoms with Crippen molar-refractivity contribution in [1.29, 1.82) is 0 Å². The molecule has 0 spiro atoms. The average molecular weight is 485 g/mol. The van der Waals surface area contributed by atoms with E-state index in [1.54, 1.807) is 28.6 Å². The Kier molecular flexibility index (Phi) is 6.55. The Morgan fingerprint density at radius 3 is 2.71 bits per heavy atom. The van der Waals surface area contributed by atoms with Crippen molar-refractivity contribution in [1.82, 2.24) is 29.7 Å². The van der Waals surface area contributed by atoms with Crippen LogP contribution in [0.5, 0.6) is 0 Å². The van der Waals surface area contributed by atoms with Crippen LogP contribution in [0.2, 0.25) is 0 Å². The number of carbonyl (C=O) groups excluding carboxylic acids is 1. The number of nitrogen functional groups attached to an aromatic ring is 1. The molecule has 2 aliphatic rings. The van der Waals surface area contributed by atoms with Gasteiger partial charge in [-0.3, -0.25) is 9.69 Å². The maximum atomic E-state index is 12.0. The molecule has 0 bridgehead atoms. The maximum absolute atomic E-state index is 12.0. The zero-order valence-electron chi connectivity index (χ0n) is 19.0. The zero-order chi connectivity index (χ0) is 23.7. The lowest BCUT2D eigenvalue weighted by atomic mass is 10.1. The Morgan fingerprint density at radius 2 is 1.97 bits per heavy atom. The Bertz CT molecular complexity index is 1150. The molecule has 12 heteroatoms. The lowest BCUT2D eigenvalue weighted by molar-refractivity contribution is -0.141. The number of anilines is 2. The molecule has 3 aromatic heterocycles. The van der Waals surface area contributed by atoms with Crippen molar-refractivity contribution in [3.63, 3.8) is 0 Å². The molecule has 5 heterocycles. The number of nitrogens with zero attached hydrogens (tertiary/aromatic N) is 7. The van der Waals surface area contributed by atoms with Crippen LogP contribution in [0.1, 0.15) is 23.5 Å². The Hall–Kier alpha value is -2.93. The highest BCUT2D eigenvalue weighted by atomic mass is 32.1. The molecule has 0 radical (unpaired) electrons. The summed E-state index contributed by atoms with van der Waals surface area (Å²) in [6, 6.07) is 2.14. The van der Waals surface area contributed by atoms with Gasteiger partial charge in [-0.1, -0.05) is 0 Å². The molecule has 3 aromatic rings. The molecule has 1 amide bonds. The molecular formula is C22H28N8O3S. The van der Waals surface area contributed by atoms with Gasteiger partial charge in [0, 0.05) is 73.7 Å². The fraction of sp³-hybridized carbons (Fsp3) is 0.500. The molecule has 3 N–H and O–H groups in total. The number of carbonyl (C=O) groups is 1. The summed E-state index contributed by atoms with van der Waals surface area (Å²) in [6.07, 6.45) is 4.18. The van der Waals surface area contributed by atoms with Crippen LogP contribution in [0, 0.1) is 0 Å². The monoisotopic (exact) mass is 484 g/mol. The number of aliphatic hydroxyl groups is 1. The first kappa shape index (κ1) is 22.8. The number of ether oxygens (including phenoxy) is 1. The van der Waals surface area contributed by atoms with Gasteiger partial charge in [0.25, 0.3) is 5.91 Å². The number of morpholine rings is 1. The third-order valence-electron chi connectivity index (χ3n) is 6.15. The van der Waals surface area contributed by atoms with Crippen molar-refractivity contribution in [2.24, 2.45) is 0 Å². The van der Waals surface area contributed by atoms with E-state index in [2.05, 4.69) is 30.8 Å². The summed E-state index contributed by atoms with van der Waals surface area (Å²) >= 11 is 1.67. The van der Waals surface area contributed by atoms with Gasteiger partial charge in [-0.15, -0.1) is 11.3 Å². The van der Waals surface area contributed by atoms with Crippen molar-refractivity contribution in [2.75, 3.05) is 56.5 Å². The normalized spacial score (nSPS) is 20.6. The second kappa shape index (κ2) is 9.74. The van der Waals surface area contributed by atoms with Crippen molar-refractivity contribution < 1.29 is 14.6 Å². The number of aromatic nitrogens is 4. The van der Waals surface area contributed by atoms with Gasteiger partial charge in [-0.25, -0.2) is 19.9 Å². The van der Waals surface area contributed by atoms with E-state index < -0.39 is 6.10 Å². The van der Waals surface area contributed by atoms with Crippen LogP contribution in [0.15, 0.2) is 24.7 Å². The number of fused-ring (bicyclic) bond motifs is 1. The fourth-order valence-electron chi connectivity index (χ4n) is 4.26. The summed E-state index contributed by atoms with van der Waals surface area (Å²) < 4.78 is 5.91. The largest absolute Gasteiger partial charge is 0.384 e. The maximum Gasteiger partial charge on any atom is 0.251 e. The smallest absolute Gasteiger partial charge is 0.251 e. The third-order valence-corrected chi connectivity index (χ3v) is 7.17. The summed E-state index contributed by atoms with van der Waals surface area (Å²) in [7, 11) is 0. The minimum Gasteiger partial charge on any atom is -0.384 e. The lowest BCUT2D eigenvalue weighted by Crippen LogP contribution is -2.50. The van der Waals surface area contributed by atoms with Gasteiger partial charge in [0.15, 0.2) is 0 Å². The van der Waals surface area contributed by atoms with E-state index in [4.69, 9.17) is 15.5 Å². The molecule has 180 valence electrons. The highest BCUT2D eigenvalue weighted by molar-refractivity contribution is 7.18. The number of nitrogens with two attached hydrogens (primary N) is 1. The molecule has 2 fully saturated rings. The van der Waals surface area contributed by atoms with Crippen molar-refractivity contribution in [3.05, 3.63) is 35.1 Å². The fourth-order valence-corrected chi connectivity index (χ4v) is 5.30. The van der Waals surface area contributed by atoms with E-state index in [1.807, 2.05) is 6.20 Å². The lowest BCUT2D eigenvalue weighted by Gasteiger charge is -2.35. The van der Waals surface area contributed by atoms with E-state index in [9.17, 15) is 9.90 Å². The second-order valence-corrected chi connectivity index (χ2v) is 9.72. The van der Waals surface area contributed by atoms with Gasteiger partial charge < -0.3 is 25.4 Å². The van der Waals surface area contributed by atoms with Crippen LogP contribution in [0.3, 0.4) is 0 Å². The molecule has 5 rings (SSSR count). The first-order valence-electron chi connectivity index (χ1n) is 11.3. The Balaban J connectivity index is 1.23. The van der Waals surface area contributed by atoms with E-state index in [-0.39, 0.29) is 18.0 Å². The van der Waals surface area contributed by atoms with Crippen LogP contribution in [-0.2, 0) is 16.1 Å². The summed E-state index contributed by atoms with van der Waals surface area (Å²) in [5, 5.41) is 10.5. The van der Waals surface area contributed by atoms with Gasteiger partial charge in [0.05, 0.1) is 13.2 Å². The van der Waals surface area contributed by atoms with Crippen LogP contribution >= 0.6 is 11.3 Å². The summed E-state index contributed by atoms with van der Waals surface area (Å²) in [5.74, 6) is 0.739. The highest BCUT2D eigenvalue weighted by Crippen LogP contribution is 2.29. The summed E-state index contributed by atoms with van der Waals surface area (Å²) in [6.45, 7) is 7.06. The van der Waals surface area contributed by atoms with Gasteiger partial charge >= 0.3 is 0 Å². The predicted octanol–water partition coefficient (Wildman–Crippen LogP) is 0.666. The number of amides is 1. The van der Waals surface area contributed by atoms with Gasteiger partial charge in [-0.2, -0.15) is 0 Å². The Labute approximate surface area is 201 Å². The zero-order valence-corrected chi connectivity index (χ0v) is 19.8. The van der Waals surface area contributed by atoms with Gasteiger partial charge in [0.2, 0.25) is 11.9 Å². The van der Waals surface area contributed by atoms with Crippen LogP contribution < -0.4 is 10.6 Å². The molecule has 11 nitrogen and oxygen atoms in total. The standard InChI is InChI=1S/C22H28N8O3S/c1-14(31)20(32)29-4-2-28(3-5-29)12-17-8-15-9-26-22(27-19(15)34-17)30-6-7-33-18(13-30)16-10-24-21(23)25-11-16/h8-11,14,18,31H,2-7,12-13H2,1H3,(H2,23,24,25)/t14?,18-/m1/s1. The van der Waals surface area contributed by atoms with Crippen molar-refractivity contribution in [3.8, 4) is 0 Å². The topological polar surface area (TPSA) is 134 Å². The number of rotatable bonds is 5. The molecule has 0 saturated carbocycles. The quantitative estimate of drug-likeness (QED) is 0.532. The molecule has 0 aromatic carbocycles. The number of hydrogen-bond donors (Lipinski definition) is 2. The van der Waals surface area contributed by atoms with Crippen LogP contribution in [0.4, 0.5) is 11.9 Å². The minimum atomic E-state index is -0.941. The predicted molar refractivity (Wildman–Crippen MR) is 128 cm³/mol. The first-order chi connectivity index (χ1) is 16.5. The summed E-state index contributed by atoms with van der Waals surface area (Å²) in [4.78, 5) is 37.9. The molecule has 2 saturated heterocycles. The van der Waals surface area contributed by atoms with Crippen molar-refractivity contribution in [2.45, 2.75) is 25.7 Å². The SMILES string of the molecule is CC(O)C(=O)N1CCN(Cc2cc3cnc(N4CCO[C@@H](c5cnc(N)nc5)C4)nc3s2)CC1. The van der Waals surface area contributed by atoms with Gasteiger partial charge in [-0.05, 0) is 13.0 Å². The van der Waals surface area contributed by atoms with E-state index in [1.165, 1.54) is 11.8 Å². The first-order valence-corrected chi connectivity index (χ1v) is 12.2. The number of piperazine rings is 1. The number of hydrogen-bond acceptors (Lipinski definition) is 11. The minimum absolute atomic E-state index is 0.160. The second-order valence-electron chi connectivity index (χ2n) is 8.60. The highest BCUT2D eigenvalue weighted by Gasteiger charge is 2.26. The van der Waals surface area contributed by atoms with Crippen LogP contribution in [-0.4, -0.2) is 92.7 Å². The molecule has 0 aliphatic carbocycles. The van der Waals surface area contributed by atoms with Gasteiger partial charge in [0.1, 0.15) is 17.0 Å². The summed E-state index contributed by atoms with van der Waals surface area (Å²) in [5.41, 5.74) is 6.48. The number of thiophene rings is 1. The van der Waals surface area contributed by atoms with E-state index in [0.29, 0.717) is 38.7 Å². The Morgan fingerprint density at radius 1 is 1.21 bits per heavy atom. The average Bonchev–Trinajstić information content (AvgIpc) is 3.26. The molecule has 1 unspecified atom stereocenters. The van der Waals surface area contributed by atoms with Crippen LogP contribution in [0.25, 0.3) is 10.2 Å². The van der Waals surface area contributed by atoms with Crippen molar-refractivity contribution >= 4 is 39.4 Å². The third kappa shape index (κ3) is 4.94. The molecule has 2 aliphatic heterocycles. The van der Waals surface area contributed by atoms with E-state index >= 15 is 0 Å². The molecular weight excluding hydrogens is 456 g/mol.